The molecule has 0 spiro atoms. The van der Waals surface area contributed by atoms with Gasteiger partial charge >= 0.3 is 36.4 Å². The summed E-state index contributed by atoms with van der Waals surface area (Å²) in [6, 6.07) is 14.7. The van der Waals surface area contributed by atoms with E-state index in [1.807, 2.05) is 36.7 Å². The number of nitrogens with zero attached hydrogens (tertiary/aromatic N) is 5. The molecular weight excluding hydrogens is 706 g/mol. The third-order valence-corrected chi connectivity index (χ3v) is 6.07. The van der Waals surface area contributed by atoms with Crippen molar-refractivity contribution in [1.82, 2.24) is 24.7 Å². The first-order valence-corrected chi connectivity index (χ1v) is 13.5. The Kier molecular flexibility index (Phi) is 14.0. The number of hydrogen-bond donors (Lipinski definition) is 4. The zero-order chi connectivity index (χ0) is 37.9. The molecule has 0 saturated carbocycles. The number of likely N-dealkylation sites (tertiary alicyclic amines) is 1. The average molecular weight is 731 g/mol. The third-order valence-electron chi connectivity index (χ3n) is 6.07. The average Bonchev–Trinajstić information content (AvgIpc) is 3.63. The predicted molar refractivity (Wildman–Crippen MR) is 150 cm³/mol. The second-order valence-electron chi connectivity index (χ2n) is 9.76. The lowest BCUT2D eigenvalue weighted by molar-refractivity contribution is -0.193. The molecule has 1 aromatic carbocycles. The topological polar surface area (TPSA) is 170 Å². The van der Waals surface area contributed by atoms with Crippen LogP contribution >= 0.6 is 0 Å². The highest BCUT2D eigenvalue weighted by Gasteiger charge is 2.39. The number of fused-ring (bicyclic) bond motifs is 1. The first kappa shape index (κ1) is 40.6. The van der Waals surface area contributed by atoms with Crippen LogP contribution < -0.4 is 5.32 Å². The highest BCUT2D eigenvalue weighted by Crippen LogP contribution is 2.34. The summed E-state index contributed by atoms with van der Waals surface area (Å²) >= 11 is 0. The van der Waals surface area contributed by atoms with Crippen LogP contribution in [0.5, 0.6) is 0 Å². The molecule has 1 unspecified atom stereocenters. The Morgan fingerprint density at radius 2 is 1.40 bits per heavy atom. The van der Waals surface area contributed by atoms with Crippen LogP contribution in [-0.2, 0) is 20.9 Å². The van der Waals surface area contributed by atoms with Gasteiger partial charge in [0.2, 0.25) is 0 Å². The molecule has 0 amide bonds. The Morgan fingerprint density at radius 3 is 1.90 bits per heavy atom. The number of carboxylic acid groups (broad SMARTS) is 3. The molecule has 4 heterocycles. The van der Waals surface area contributed by atoms with Crippen LogP contribution in [0.4, 0.5) is 55.3 Å². The molecule has 22 heteroatoms. The number of carboxylic acids is 3. The summed E-state index contributed by atoms with van der Waals surface area (Å²) < 4.78 is 110. The van der Waals surface area contributed by atoms with Gasteiger partial charge in [-0.3, -0.25) is 9.88 Å². The molecule has 0 bridgehead atoms. The fourth-order valence-electron chi connectivity index (χ4n) is 4.01. The van der Waals surface area contributed by atoms with Gasteiger partial charge in [0.15, 0.2) is 0 Å². The standard InChI is InChI=1S/C22H21FN6.3C2HF3O2/c23-17-5-1-6-18(12-17)25-19-8-9-21-22(26-27-29(21)15-19)20-7-3-11-28(20)14-16-4-2-10-24-13-16;3*3-2(4,5)1(6)7/h1-2,4-6,8-10,12-13,15,20,25H,3,7,11,14H2;3*(H,6,7). The number of hydrogen-bond acceptors (Lipinski definition) is 8. The van der Waals surface area contributed by atoms with E-state index >= 15 is 0 Å². The Hall–Kier alpha value is -5.54. The number of nitrogens with one attached hydrogen (secondary N) is 1. The number of aliphatic carboxylic acids is 3. The molecule has 12 nitrogen and oxygen atoms in total. The van der Waals surface area contributed by atoms with Gasteiger partial charge in [-0.15, -0.1) is 5.10 Å². The Balaban J connectivity index is 0.000000338. The van der Waals surface area contributed by atoms with Gasteiger partial charge in [0.1, 0.15) is 11.5 Å². The Labute approximate surface area is 273 Å². The molecule has 50 heavy (non-hydrogen) atoms. The summed E-state index contributed by atoms with van der Waals surface area (Å²) in [5.41, 5.74) is 4.74. The highest BCUT2D eigenvalue weighted by atomic mass is 19.4. The van der Waals surface area contributed by atoms with Crippen molar-refractivity contribution < 1.29 is 73.6 Å². The number of halogens is 10. The molecule has 4 aromatic rings. The first-order chi connectivity index (χ1) is 23.1. The van der Waals surface area contributed by atoms with E-state index in [4.69, 9.17) is 29.7 Å². The fourth-order valence-corrected chi connectivity index (χ4v) is 4.01. The van der Waals surface area contributed by atoms with E-state index in [0.29, 0.717) is 5.69 Å². The van der Waals surface area contributed by atoms with E-state index in [1.54, 1.807) is 16.8 Å². The summed E-state index contributed by atoms with van der Waals surface area (Å²) in [6.45, 7) is 1.90. The minimum atomic E-state index is -5.08. The van der Waals surface area contributed by atoms with Crippen molar-refractivity contribution in [3.05, 3.63) is 84.2 Å². The van der Waals surface area contributed by atoms with Crippen molar-refractivity contribution in [3.63, 3.8) is 0 Å². The largest absolute Gasteiger partial charge is 0.490 e. The second-order valence-corrected chi connectivity index (χ2v) is 9.76. The summed E-state index contributed by atoms with van der Waals surface area (Å²) in [5, 5.41) is 33.4. The Bertz CT molecular complexity index is 1680. The lowest BCUT2D eigenvalue weighted by Crippen LogP contribution is -2.23. The molecule has 1 fully saturated rings. The summed E-state index contributed by atoms with van der Waals surface area (Å²) in [6.07, 6.45) is -7.44. The van der Waals surface area contributed by atoms with Crippen molar-refractivity contribution in [2.45, 2.75) is 44.0 Å². The molecule has 5 rings (SSSR count). The summed E-state index contributed by atoms with van der Waals surface area (Å²) in [7, 11) is 0. The number of carbonyl (C=O) groups is 3. The maximum absolute atomic E-state index is 13.4. The molecule has 4 N–H and O–H groups in total. The molecule has 272 valence electrons. The van der Waals surface area contributed by atoms with E-state index in [0.717, 1.165) is 42.8 Å². The van der Waals surface area contributed by atoms with Gasteiger partial charge < -0.3 is 20.6 Å². The minimum absolute atomic E-state index is 0.245. The number of alkyl halides is 9. The molecule has 1 saturated heterocycles. The van der Waals surface area contributed by atoms with Crippen LogP contribution in [0.25, 0.3) is 5.52 Å². The number of rotatable bonds is 5. The van der Waals surface area contributed by atoms with Gasteiger partial charge in [-0.2, -0.15) is 39.5 Å². The van der Waals surface area contributed by atoms with Gasteiger partial charge in [-0.1, -0.05) is 17.3 Å². The monoisotopic (exact) mass is 730 g/mol. The maximum Gasteiger partial charge on any atom is 0.490 e. The SMILES string of the molecule is Fc1cccc(Nc2ccc3c(C4CCCN4Cc4cccnc4)nnn3c2)c1.O=C(O)C(F)(F)F.O=C(O)C(F)(F)F.O=C(O)C(F)(F)F. The molecule has 1 atom stereocenters. The molecule has 1 aliphatic heterocycles. The zero-order valence-electron chi connectivity index (χ0n) is 24.8. The van der Waals surface area contributed by atoms with E-state index in [9.17, 15) is 43.9 Å². The summed E-state index contributed by atoms with van der Waals surface area (Å²) in [4.78, 5) is 33.4. The van der Waals surface area contributed by atoms with Crippen LogP contribution in [0.3, 0.4) is 0 Å². The number of anilines is 2. The summed E-state index contributed by atoms with van der Waals surface area (Å²) in [5.74, 6) is -8.54. The van der Waals surface area contributed by atoms with E-state index in [-0.39, 0.29) is 11.9 Å². The van der Waals surface area contributed by atoms with Crippen LogP contribution in [0.2, 0.25) is 0 Å². The van der Waals surface area contributed by atoms with Crippen molar-refractivity contribution in [3.8, 4) is 0 Å². The first-order valence-electron chi connectivity index (χ1n) is 13.5. The van der Waals surface area contributed by atoms with Gasteiger partial charge in [0, 0.05) is 24.6 Å². The fraction of sp³-hybridized carbons (Fsp3) is 0.286. The van der Waals surface area contributed by atoms with Crippen LogP contribution in [0.15, 0.2) is 67.1 Å². The number of benzene rings is 1. The zero-order valence-corrected chi connectivity index (χ0v) is 24.8. The van der Waals surface area contributed by atoms with Crippen LogP contribution in [-0.4, -0.2) is 83.0 Å². The molecule has 0 radical (unpaired) electrons. The minimum Gasteiger partial charge on any atom is -0.475 e. The number of aromatic nitrogens is 4. The quantitative estimate of drug-likeness (QED) is 0.171. The highest BCUT2D eigenvalue weighted by molar-refractivity contribution is 5.73. The Morgan fingerprint density at radius 1 is 0.820 bits per heavy atom. The van der Waals surface area contributed by atoms with Crippen LogP contribution in [0, 0.1) is 5.82 Å². The molecule has 3 aromatic heterocycles. The maximum atomic E-state index is 13.4. The van der Waals surface area contributed by atoms with Crippen molar-refractivity contribution in [2.75, 3.05) is 11.9 Å². The van der Waals surface area contributed by atoms with Gasteiger partial charge in [0.05, 0.1) is 23.4 Å². The normalized spacial score (nSPS) is 14.6. The van der Waals surface area contributed by atoms with Crippen LogP contribution in [0.1, 0.15) is 30.1 Å². The third kappa shape index (κ3) is 13.2. The second kappa shape index (κ2) is 17.2. The van der Waals surface area contributed by atoms with E-state index in [2.05, 4.69) is 31.6 Å². The molecule has 0 aliphatic carbocycles. The van der Waals surface area contributed by atoms with Crippen molar-refractivity contribution in [2.24, 2.45) is 0 Å². The lowest BCUT2D eigenvalue weighted by atomic mass is 10.1. The van der Waals surface area contributed by atoms with E-state index in [1.165, 1.54) is 17.7 Å². The van der Waals surface area contributed by atoms with Gasteiger partial charge in [0.25, 0.3) is 0 Å². The smallest absolute Gasteiger partial charge is 0.475 e. The van der Waals surface area contributed by atoms with E-state index < -0.39 is 36.4 Å². The van der Waals surface area contributed by atoms with Crippen molar-refractivity contribution >= 4 is 34.8 Å². The molecule has 1 aliphatic rings. The number of pyridine rings is 2. The lowest BCUT2D eigenvalue weighted by Gasteiger charge is -2.22. The van der Waals surface area contributed by atoms with Gasteiger partial charge in [-0.25, -0.2) is 23.3 Å². The van der Waals surface area contributed by atoms with Crippen molar-refractivity contribution in [1.29, 1.82) is 0 Å². The van der Waals surface area contributed by atoms with Gasteiger partial charge in [-0.05, 0) is 61.3 Å². The predicted octanol–water partition coefficient (Wildman–Crippen LogP) is 6.24. The molecular formula is C28H24F10N6O6.